The second kappa shape index (κ2) is 8.60. The molecule has 1 unspecified atom stereocenters. The molecule has 1 saturated heterocycles. The molecule has 30 heavy (non-hydrogen) atoms. The number of aromatic nitrogens is 2. The number of nitrogens with zero attached hydrogens (tertiary/aromatic N) is 2. The molecule has 8 heteroatoms. The minimum Gasteiger partial charge on any atom is -0.481 e. The van der Waals surface area contributed by atoms with E-state index in [0.29, 0.717) is 29.5 Å². The van der Waals surface area contributed by atoms with E-state index in [9.17, 15) is 9.59 Å². The molecular weight excluding hydrogens is 382 g/mol. The number of benzene rings is 2. The normalized spacial score (nSPS) is 15.4. The summed E-state index contributed by atoms with van der Waals surface area (Å²) in [4.78, 5) is 32.2. The van der Waals surface area contributed by atoms with Gasteiger partial charge < -0.3 is 20.7 Å². The highest BCUT2D eigenvalue weighted by molar-refractivity contribution is 6.04. The first-order valence-corrected chi connectivity index (χ1v) is 9.55. The molecule has 1 aromatic heterocycles. The Morgan fingerprint density at radius 2 is 1.80 bits per heavy atom. The standard InChI is InChI=1S/C22H21N5O3/c1-30-20-12-13-23-22(27-20)25-17-8-4-15(5-9-17)21(29)24-16-6-2-14(3-7-16)18-10-11-19(28)26-18/h2-9,12-13,18H,10-11H2,1H3,(H,24,29)(H,26,28)(H,23,25,27). The van der Waals surface area contributed by atoms with Crippen molar-refractivity contribution in [1.82, 2.24) is 15.3 Å². The van der Waals surface area contributed by atoms with Gasteiger partial charge in [-0.05, 0) is 48.4 Å². The van der Waals surface area contributed by atoms with Gasteiger partial charge in [-0.25, -0.2) is 4.98 Å². The van der Waals surface area contributed by atoms with Crippen LogP contribution >= 0.6 is 0 Å². The Labute approximate surface area is 173 Å². The van der Waals surface area contributed by atoms with Crippen molar-refractivity contribution >= 4 is 29.1 Å². The summed E-state index contributed by atoms with van der Waals surface area (Å²) < 4.78 is 5.08. The fraction of sp³-hybridized carbons (Fsp3) is 0.182. The highest BCUT2D eigenvalue weighted by atomic mass is 16.5. The fourth-order valence-corrected chi connectivity index (χ4v) is 3.22. The van der Waals surface area contributed by atoms with Crippen LogP contribution in [0.4, 0.5) is 17.3 Å². The predicted octanol–water partition coefficient (Wildman–Crippen LogP) is 3.43. The van der Waals surface area contributed by atoms with Gasteiger partial charge in [-0.15, -0.1) is 0 Å². The van der Waals surface area contributed by atoms with Crippen molar-refractivity contribution in [2.24, 2.45) is 0 Å². The third-order valence-electron chi connectivity index (χ3n) is 4.81. The number of carbonyl (C=O) groups excluding carboxylic acids is 2. The summed E-state index contributed by atoms with van der Waals surface area (Å²) in [5, 5.41) is 8.88. The molecule has 2 amide bonds. The minimum absolute atomic E-state index is 0.0517. The Balaban J connectivity index is 1.37. The van der Waals surface area contributed by atoms with Gasteiger partial charge in [0.25, 0.3) is 5.91 Å². The van der Waals surface area contributed by atoms with Crippen molar-refractivity contribution in [2.75, 3.05) is 17.7 Å². The molecule has 0 bridgehead atoms. The van der Waals surface area contributed by atoms with Crippen LogP contribution in [-0.2, 0) is 4.79 Å². The molecule has 3 N–H and O–H groups in total. The number of carbonyl (C=O) groups is 2. The molecule has 1 aliphatic heterocycles. The summed E-state index contributed by atoms with van der Waals surface area (Å²) in [7, 11) is 1.54. The summed E-state index contributed by atoms with van der Waals surface area (Å²) in [6.45, 7) is 0. The van der Waals surface area contributed by atoms with Gasteiger partial charge >= 0.3 is 0 Å². The number of nitrogens with one attached hydrogen (secondary N) is 3. The van der Waals surface area contributed by atoms with E-state index < -0.39 is 0 Å². The van der Waals surface area contributed by atoms with Crippen molar-refractivity contribution in [3.05, 3.63) is 71.9 Å². The summed E-state index contributed by atoms with van der Waals surface area (Å²) in [6.07, 6.45) is 2.95. The van der Waals surface area contributed by atoms with Gasteiger partial charge in [0.1, 0.15) is 0 Å². The summed E-state index contributed by atoms with van der Waals surface area (Å²) in [6, 6.07) is 16.3. The number of amides is 2. The van der Waals surface area contributed by atoms with Crippen molar-refractivity contribution in [3.8, 4) is 5.88 Å². The third-order valence-corrected chi connectivity index (χ3v) is 4.81. The first-order valence-electron chi connectivity index (χ1n) is 9.55. The maximum Gasteiger partial charge on any atom is 0.255 e. The molecule has 1 atom stereocenters. The number of methoxy groups -OCH3 is 1. The van der Waals surface area contributed by atoms with Gasteiger partial charge in [0.15, 0.2) is 0 Å². The molecule has 3 aromatic rings. The van der Waals surface area contributed by atoms with E-state index in [0.717, 1.165) is 17.7 Å². The second-order valence-electron chi connectivity index (χ2n) is 6.86. The van der Waals surface area contributed by atoms with E-state index in [4.69, 9.17) is 4.74 Å². The molecule has 0 aliphatic carbocycles. The number of rotatable bonds is 6. The van der Waals surface area contributed by atoms with Crippen molar-refractivity contribution < 1.29 is 14.3 Å². The van der Waals surface area contributed by atoms with Gasteiger partial charge in [-0.1, -0.05) is 12.1 Å². The zero-order valence-corrected chi connectivity index (χ0v) is 16.4. The Kier molecular flexibility index (Phi) is 5.56. The minimum atomic E-state index is -0.207. The molecule has 0 radical (unpaired) electrons. The van der Waals surface area contributed by atoms with Crippen LogP contribution in [0.2, 0.25) is 0 Å². The van der Waals surface area contributed by atoms with E-state index in [1.807, 2.05) is 24.3 Å². The van der Waals surface area contributed by atoms with Gasteiger partial charge in [0.05, 0.1) is 13.2 Å². The second-order valence-corrected chi connectivity index (χ2v) is 6.86. The van der Waals surface area contributed by atoms with E-state index in [2.05, 4.69) is 25.9 Å². The Bertz CT molecular complexity index is 1050. The third kappa shape index (κ3) is 4.54. The first kappa shape index (κ1) is 19.4. The lowest BCUT2D eigenvalue weighted by molar-refractivity contribution is -0.119. The molecule has 2 aromatic carbocycles. The Morgan fingerprint density at radius 3 is 2.47 bits per heavy atom. The smallest absolute Gasteiger partial charge is 0.255 e. The number of ether oxygens (including phenoxy) is 1. The van der Waals surface area contributed by atoms with E-state index >= 15 is 0 Å². The van der Waals surface area contributed by atoms with E-state index in [1.54, 1.807) is 43.6 Å². The average molecular weight is 403 g/mol. The molecule has 4 rings (SSSR count). The zero-order valence-electron chi connectivity index (χ0n) is 16.4. The lowest BCUT2D eigenvalue weighted by Crippen LogP contribution is -2.18. The maximum absolute atomic E-state index is 12.5. The number of anilines is 3. The van der Waals surface area contributed by atoms with Crippen LogP contribution < -0.4 is 20.7 Å². The fourth-order valence-electron chi connectivity index (χ4n) is 3.22. The molecule has 0 spiro atoms. The zero-order chi connectivity index (χ0) is 20.9. The first-order chi connectivity index (χ1) is 14.6. The summed E-state index contributed by atoms with van der Waals surface area (Å²) in [5.41, 5.74) is 3.01. The van der Waals surface area contributed by atoms with Crippen LogP contribution in [0, 0.1) is 0 Å². The highest BCUT2D eigenvalue weighted by Gasteiger charge is 2.22. The number of hydrogen-bond acceptors (Lipinski definition) is 6. The van der Waals surface area contributed by atoms with Gasteiger partial charge in [0.2, 0.25) is 17.7 Å². The number of hydrogen-bond donors (Lipinski definition) is 3. The average Bonchev–Trinajstić information content (AvgIpc) is 3.21. The Hall–Kier alpha value is -3.94. The van der Waals surface area contributed by atoms with Crippen LogP contribution in [-0.4, -0.2) is 28.9 Å². The molecule has 2 heterocycles. The van der Waals surface area contributed by atoms with Crippen LogP contribution in [0.15, 0.2) is 60.8 Å². The molecule has 0 saturated carbocycles. The SMILES string of the molecule is COc1ccnc(Nc2ccc(C(=O)Nc3ccc(C4CCC(=O)N4)cc3)cc2)n1. The topological polar surface area (TPSA) is 105 Å². The van der Waals surface area contributed by atoms with Crippen molar-refractivity contribution in [2.45, 2.75) is 18.9 Å². The predicted molar refractivity (Wildman–Crippen MR) is 113 cm³/mol. The lowest BCUT2D eigenvalue weighted by atomic mass is 10.1. The van der Waals surface area contributed by atoms with Crippen LogP contribution in [0.5, 0.6) is 5.88 Å². The molecule has 152 valence electrons. The van der Waals surface area contributed by atoms with Gasteiger partial charge in [-0.3, -0.25) is 9.59 Å². The monoisotopic (exact) mass is 403 g/mol. The van der Waals surface area contributed by atoms with Crippen LogP contribution in [0.3, 0.4) is 0 Å². The molecule has 1 aliphatic rings. The van der Waals surface area contributed by atoms with Gasteiger partial charge in [0, 0.05) is 35.6 Å². The Morgan fingerprint density at radius 1 is 1.07 bits per heavy atom. The summed E-state index contributed by atoms with van der Waals surface area (Å²) in [5.74, 6) is 0.740. The molecule has 8 nitrogen and oxygen atoms in total. The van der Waals surface area contributed by atoms with Crippen LogP contribution in [0.25, 0.3) is 0 Å². The maximum atomic E-state index is 12.5. The van der Waals surface area contributed by atoms with Crippen molar-refractivity contribution in [3.63, 3.8) is 0 Å². The van der Waals surface area contributed by atoms with E-state index in [-0.39, 0.29) is 17.9 Å². The van der Waals surface area contributed by atoms with Gasteiger partial charge in [-0.2, -0.15) is 4.98 Å². The van der Waals surface area contributed by atoms with Crippen LogP contribution in [0.1, 0.15) is 34.8 Å². The largest absolute Gasteiger partial charge is 0.481 e. The molecular formula is C22H21N5O3. The lowest BCUT2D eigenvalue weighted by Gasteiger charge is -2.12. The highest BCUT2D eigenvalue weighted by Crippen LogP contribution is 2.25. The van der Waals surface area contributed by atoms with E-state index in [1.165, 1.54) is 0 Å². The summed E-state index contributed by atoms with van der Waals surface area (Å²) >= 11 is 0. The quantitative estimate of drug-likeness (QED) is 0.582. The molecule has 1 fully saturated rings. The van der Waals surface area contributed by atoms with Crippen molar-refractivity contribution in [1.29, 1.82) is 0 Å².